The maximum absolute atomic E-state index is 10.9. The summed E-state index contributed by atoms with van der Waals surface area (Å²) in [4.78, 5) is 10.9. The molecule has 0 saturated carbocycles. The Balaban J connectivity index is 2.39. The van der Waals surface area contributed by atoms with Gasteiger partial charge < -0.3 is 15.6 Å². The second-order valence-corrected chi connectivity index (χ2v) is 6.70. The van der Waals surface area contributed by atoms with E-state index in [-0.39, 0.29) is 0 Å². The minimum atomic E-state index is -0.996. The van der Waals surface area contributed by atoms with Crippen LogP contribution in [0.4, 0.5) is 0 Å². The molecule has 0 aliphatic rings. The van der Waals surface area contributed by atoms with E-state index in [0.717, 1.165) is 0 Å². The van der Waals surface area contributed by atoms with Gasteiger partial charge in [0, 0.05) is 10.5 Å². The summed E-state index contributed by atoms with van der Waals surface area (Å²) in [7, 11) is 0. The first-order chi connectivity index (χ1) is 8.84. The number of ether oxygens (including phenoxy) is 1. The van der Waals surface area contributed by atoms with E-state index >= 15 is 0 Å². The Morgan fingerprint density at radius 1 is 1.53 bits per heavy atom. The van der Waals surface area contributed by atoms with Gasteiger partial charge in [-0.25, -0.2) is 0 Å². The normalized spacial score (nSPS) is 13.1. The number of rotatable bonds is 7. The first-order valence-electron chi connectivity index (χ1n) is 5.84. The minimum absolute atomic E-state index is 0.449. The molecule has 4 nitrogen and oxygen atoms in total. The van der Waals surface area contributed by atoms with Crippen LogP contribution < -0.4 is 10.5 Å². The van der Waals surface area contributed by atoms with Gasteiger partial charge in [0.2, 0.25) is 0 Å². The molecule has 19 heavy (non-hydrogen) atoms. The van der Waals surface area contributed by atoms with Crippen LogP contribution >= 0.6 is 23.4 Å². The molecule has 6 heteroatoms. The third-order valence-corrected chi connectivity index (χ3v) is 4.35. The summed E-state index contributed by atoms with van der Waals surface area (Å²) in [5.41, 5.74) is 5.63. The van der Waals surface area contributed by atoms with E-state index in [1.165, 1.54) is 11.8 Å². The molecule has 3 N–H and O–H groups in total. The van der Waals surface area contributed by atoms with Gasteiger partial charge in [-0.3, -0.25) is 4.79 Å². The zero-order valence-electron chi connectivity index (χ0n) is 10.9. The van der Waals surface area contributed by atoms with Crippen molar-refractivity contribution in [1.29, 1.82) is 0 Å². The summed E-state index contributed by atoms with van der Waals surface area (Å²) in [5, 5.41) is 9.47. The molecule has 0 amide bonds. The van der Waals surface area contributed by atoms with Gasteiger partial charge in [-0.15, -0.1) is 11.8 Å². The topological polar surface area (TPSA) is 72.5 Å². The first kappa shape index (κ1) is 16.1. The van der Waals surface area contributed by atoms with Gasteiger partial charge in [0.05, 0.1) is 11.6 Å². The number of aliphatic carboxylic acids is 1. The van der Waals surface area contributed by atoms with Crippen LogP contribution in [0.3, 0.4) is 0 Å². The molecule has 1 atom stereocenters. The molecular formula is C13H18ClNO3S. The van der Waals surface area contributed by atoms with Crippen molar-refractivity contribution in [3.8, 4) is 5.75 Å². The number of carboxylic acid groups (broad SMARTS) is 1. The van der Waals surface area contributed by atoms with Gasteiger partial charge >= 0.3 is 5.97 Å². The highest BCUT2D eigenvalue weighted by molar-refractivity contribution is 8.00. The molecule has 0 fully saturated rings. The predicted octanol–water partition coefficient (Wildman–Crippen LogP) is 2.64. The fourth-order valence-corrected chi connectivity index (χ4v) is 2.57. The average molecular weight is 304 g/mol. The van der Waals surface area contributed by atoms with Crippen molar-refractivity contribution >= 4 is 29.3 Å². The highest BCUT2D eigenvalue weighted by atomic mass is 35.5. The third-order valence-electron chi connectivity index (χ3n) is 2.67. The van der Waals surface area contributed by atoms with Crippen LogP contribution in [0.2, 0.25) is 5.02 Å². The highest BCUT2D eigenvalue weighted by Crippen LogP contribution is 2.28. The standard InChI is InChI=1S/C13H18ClNO3S/c1-13(2,11(15)12(16)17)19-8-7-18-10-6-4-3-5-9(10)14/h3-6,11H,7-8,15H2,1-2H3,(H,16,17)/t11-/m0/s1. The van der Waals surface area contributed by atoms with Gasteiger partial charge in [0.25, 0.3) is 0 Å². The highest BCUT2D eigenvalue weighted by Gasteiger charge is 2.32. The smallest absolute Gasteiger partial charge is 0.321 e. The molecule has 1 rings (SSSR count). The van der Waals surface area contributed by atoms with Crippen LogP contribution in [0, 0.1) is 0 Å². The zero-order valence-corrected chi connectivity index (χ0v) is 12.5. The number of carbonyl (C=O) groups is 1. The minimum Gasteiger partial charge on any atom is -0.491 e. The van der Waals surface area contributed by atoms with Crippen molar-refractivity contribution in [3.63, 3.8) is 0 Å². The Hall–Kier alpha value is -0.910. The molecule has 0 spiro atoms. The molecule has 0 unspecified atom stereocenters. The summed E-state index contributed by atoms with van der Waals surface area (Å²) in [6.07, 6.45) is 0. The monoisotopic (exact) mass is 303 g/mol. The molecule has 0 heterocycles. The lowest BCUT2D eigenvalue weighted by Gasteiger charge is -2.27. The van der Waals surface area contributed by atoms with Crippen molar-refractivity contribution in [2.24, 2.45) is 5.73 Å². The number of hydrogen-bond acceptors (Lipinski definition) is 4. The Morgan fingerprint density at radius 2 is 2.16 bits per heavy atom. The summed E-state index contributed by atoms with van der Waals surface area (Å²) >= 11 is 7.42. The fourth-order valence-electron chi connectivity index (χ4n) is 1.41. The van der Waals surface area contributed by atoms with Crippen molar-refractivity contribution in [1.82, 2.24) is 0 Å². The second kappa shape index (κ2) is 7.03. The number of hydrogen-bond donors (Lipinski definition) is 2. The van der Waals surface area contributed by atoms with Gasteiger partial charge in [0.15, 0.2) is 0 Å². The first-order valence-corrected chi connectivity index (χ1v) is 7.20. The van der Waals surface area contributed by atoms with Gasteiger partial charge in [-0.05, 0) is 26.0 Å². The number of nitrogens with two attached hydrogens (primary N) is 1. The Morgan fingerprint density at radius 3 is 2.74 bits per heavy atom. The molecule has 0 aromatic heterocycles. The van der Waals surface area contributed by atoms with E-state index in [1.807, 2.05) is 26.0 Å². The van der Waals surface area contributed by atoms with Gasteiger partial charge in [0.1, 0.15) is 11.8 Å². The summed E-state index contributed by atoms with van der Waals surface area (Å²) in [5.74, 6) is 0.272. The largest absolute Gasteiger partial charge is 0.491 e. The van der Waals surface area contributed by atoms with Crippen LogP contribution in [0.25, 0.3) is 0 Å². The van der Waals surface area contributed by atoms with Crippen LogP contribution in [0.5, 0.6) is 5.75 Å². The SMILES string of the molecule is CC(C)(SCCOc1ccccc1Cl)[C@@H](N)C(=O)O. The summed E-state index contributed by atoms with van der Waals surface area (Å²) in [6, 6.07) is 6.32. The van der Waals surface area contributed by atoms with E-state index in [0.29, 0.717) is 23.1 Å². The Labute approximate surface area is 122 Å². The van der Waals surface area contributed by atoms with Gasteiger partial charge in [-0.1, -0.05) is 23.7 Å². The quantitative estimate of drug-likeness (QED) is 0.758. The number of halogens is 1. The van der Waals surface area contributed by atoms with E-state index in [1.54, 1.807) is 12.1 Å². The molecule has 0 radical (unpaired) electrons. The van der Waals surface area contributed by atoms with E-state index in [4.69, 9.17) is 27.2 Å². The molecular weight excluding hydrogens is 286 g/mol. The second-order valence-electron chi connectivity index (χ2n) is 4.55. The third kappa shape index (κ3) is 4.93. The maximum Gasteiger partial charge on any atom is 0.321 e. The number of thioether (sulfide) groups is 1. The summed E-state index contributed by atoms with van der Waals surface area (Å²) in [6.45, 7) is 4.07. The Kier molecular flexibility index (Phi) is 5.97. The van der Waals surface area contributed by atoms with Crippen LogP contribution in [-0.2, 0) is 4.79 Å². The molecule has 0 saturated heterocycles. The number of para-hydroxylation sites is 1. The van der Waals surface area contributed by atoms with E-state index in [2.05, 4.69) is 0 Å². The van der Waals surface area contributed by atoms with Crippen molar-refractivity contribution in [2.75, 3.05) is 12.4 Å². The molecule has 0 bridgehead atoms. The Bertz CT molecular complexity index is 440. The van der Waals surface area contributed by atoms with Crippen molar-refractivity contribution in [3.05, 3.63) is 29.3 Å². The molecule has 106 valence electrons. The molecule has 0 aliphatic carbocycles. The average Bonchev–Trinajstić information content (AvgIpc) is 2.35. The van der Waals surface area contributed by atoms with Crippen LogP contribution in [0.15, 0.2) is 24.3 Å². The fraction of sp³-hybridized carbons (Fsp3) is 0.462. The lowest BCUT2D eigenvalue weighted by molar-refractivity contribution is -0.139. The predicted molar refractivity (Wildman–Crippen MR) is 79.1 cm³/mol. The number of carboxylic acids is 1. The lowest BCUT2D eigenvalue weighted by atomic mass is 10.1. The number of benzene rings is 1. The van der Waals surface area contributed by atoms with E-state index < -0.39 is 16.8 Å². The van der Waals surface area contributed by atoms with E-state index in [9.17, 15) is 4.79 Å². The van der Waals surface area contributed by atoms with Gasteiger partial charge in [-0.2, -0.15) is 0 Å². The van der Waals surface area contributed by atoms with Crippen molar-refractivity contribution in [2.45, 2.75) is 24.6 Å². The molecule has 1 aromatic rings. The van der Waals surface area contributed by atoms with Crippen molar-refractivity contribution < 1.29 is 14.6 Å². The van der Waals surface area contributed by atoms with Crippen LogP contribution in [0.1, 0.15) is 13.8 Å². The lowest BCUT2D eigenvalue weighted by Crippen LogP contribution is -2.47. The maximum atomic E-state index is 10.9. The zero-order chi connectivity index (χ0) is 14.5. The molecule has 0 aliphatic heterocycles. The van der Waals surface area contributed by atoms with Crippen LogP contribution in [-0.4, -0.2) is 34.2 Å². The molecule has 1 aromatic carbocycles. The summed E-state index contributed by atoms with van der Waals surface area (Å²) < 4.78 is 4.99.